The molecule has 0 aromatic rings. The van der Waals surface area contributed by atoms with Crippen molar-refractivity contribution in [3.8, 4) is 0 Å². The molecule has 0 saturated carbocycles. The average Bonchev–Trinajstić information content (AvgIpc) is 2.74. The number of allylic oxidation sites excluding steroid dienone is 2. The summed E-state index contributed by atoms with van der Waals surface area (Å²) in [6, 6.07) is 0. The number of rotatable bonds is 18. The average molecular weight is 557 g/mol. The Labute approximate surface area is 247 Å². The predicted molar refractivity (Wildman–Crippen MR) is 157 cm³/mol. The molecule has 0 amide bonds. The Bertz CT molecular complexity index is 456. The normalized spacial score (nSPS) is 10.2. The van der Waals surface area contributed by atoms with Crippen LogP contribution in [0.25, 0.3) is 0 Å². The van der Waals surface area contributed by atoms with Crippen LogP contribution in [0.4, 0.5) is 0 Å². The molecule has 7 heteroatoms. The molecule has 0 aliphatic carbocycles. The van der Waals surface area contributed by atoms with Gasteiger partial charge in [0.05, 0.1) is 6.61 Å². The van der Waals surface area contributed by atoms with Gasteiger partial charge in [-0.15, -0.1) is 18.3 Å². The largest absolute Gasteiger partial charge is 3.00 e. The van der Waals surface area contributed by atoms with Crippen LogP contribution in [0.3, 0.4) is 0 Å². The molecule has 0 atom stereocenters. The Morgan fingerprint density at radius 3 is 1.29 bits per heavy atom. The van der Waals surface area contributed by atoms with E-state index in [2.05, 4.69) is 19.1 Å². The van der Waals surface area contributed by atoms with Crippen molar-refractivity contribution in [2.75, 3.05) is 6.61 Å². The monoisotopic (exact) mass is 556 g/mol. The topological polar surface area (TPSA) is 113 Å². The minimum Gasteiger partial charge on any atom is -0.852 e. The zero-order valence-electron chi connectivity index (χ0n) is 26.2. The van der Waals surface area contributed by atoms with Crippen molar-refractivity contribution >= 4 is 29.1 Å². The summed E-state index contributed by atoms with van der Waals surface area (Å²) in [5.74, 6) is -0.522. The molecule has 0 aromatic carbocycles. The second-order valence-corrected chi connectivity index (χ2v) is 10.2. The first kappa shape index (κ1) is 47.1. The predicted octanol–water partition coefficient (Wildman–Crippen LogP) is 5.43. The summed E-state index contributed by atoms with van der Waals surface area (Å²) in [4.78, 5) is 21.9. The van der Waals surface area contributed by atoms with Crippen molar-refractivity contribution in [1.82, 2.24) is 0 Å². The van der Waals surface area contributed by atoms with Gasteiger partial charge in [-0.05, 0) is 39.0 Å². The third kappa shape index (κ3) is 83.5. The molecule has 0 rings (SSSR count). The Kier molecular flexibility index (Phi) is 50.6. The van der Waals surface area contributed by atoms with Crippen LogP contribution in [0.2, 0.25) is 0 Å². The summed E-state index contributed by atoms with van der Waals surface area (Å²) in [5.41, 5.74) is 0. The van der Waals surface area contributed by atoms with Crippen molar-refractivity contribution in [1.29, 1.82) is 0 Å². The maximum atomic E-state index is 11.2. The summed E-state index contributed by atoms with van der Waals surface area (Å²) >= 11 is 0. The van der Waals surface area contributed by atoms with Gasteiger partial charge in [0.15, 0.2) is 0 Å². The fourth-order valence-corrected chi connectivity index (χ4v) is 2.79. The molecule has 0 spiro atoms. The van der Waals surface area contributed by atoms with Crippen LogP contribution in [0.5, 0.6) is 0 Å². The van der Waals surface area contributed by atoms with Gasteiger partial charge in [-0.1, -0.05) is 118 Å². The molecule has 0 fully saturated rings. The van der Waals surface area contributed by atoms with Gasteiger partial charge in [-0.2, -0.15) is 0 Å². The van der Waals surface area contributed by atoms with Crippen molar-refractivity contribution in [2.24, 2.45) is 0 Å². The summed E-state index contributed by atoms with van der Waals surface area (Å²) in [7, 11) is 0. The number of hydrogen-bond donors (Lipinski definition) is 0. The Morgan fingerprint density at radius 2 is 0.947 bits per heavy atom. The van der Waals surface area contributed by atoms with E-state index < -0.39 is 18.3 Å². The zero-order valence-corrected chi connectivity index (χ0v) is 27.4. The number of hydrogen-bond acceptors (Lipinski definition) is 6. The molecule has 38 heavy (non-hydrogen) atoms. The van der Waals surface area contributed by atoms with E-state index in [0.29, 0.717) is 6.61 Å². The molecule has 0 aliphatic heterocycles. The molecule has 0 bridgehead atoms. The number of esters is 1. The molecule has 0 aromatic heterocycles. The smallest absolute Gasteiger partial charge is 0.852 e. The first-order valence-electron chi connectivity index (χ1n) is 14.6. The fraction of sp³-hybridized carbons (Fsp3) is 0.871. The van der Waals surface area contributed by atoms with E-state index in [1.807, 2.05) is 0 Å². The number of Topliss-reactive ketones (excluding diaryl/α,β-unsaturated/α-hetero) is 1. The Morgan fingerprint density at radius 1 is 0.632 bits per heavy atom. The van der Waals surface area contributed by atoms with Crippen LogP contribution in [0.15, 0.2) is 12.2 Å². The van der Waals surface area contributed by atoms with Gasteiger partial charge in [0, 0.05) is 0 Å². The van der Waals surface area contributed by atoms with Crippen LogP contribution in [0.1, 0.15) is 152 Å². The van der Waals surface area contributed by atoms with Gasteiger partial charge < -0.3 is 20.1 Å². The molecule has 224 valence electrons. The van der Waals surface area contributed by atoms with Gasteiger partial charge in [0.2, 0.25) is 0 Å². The molecule has 0 N–H and O–H groups in total. The zero-order chi connectivity index (χ0) is 29.3. The van der Waals surface area contributed by atoms with E-state index in [0.717, 1.165) is 12.8 Å². The van der Waals surface area contributed by atoms with Crippen LogP contribution in [-0.2, 0) is 14.3 Å². The maximum absolute atomic E-state index is 11.2. The molecule has 6 nitrogen and oxygen atoms in total. The molecule has 0 radical (unpaired) electrons. The van der Waals surface area contributed by atoms with E-state index in [1.54, 1.807) is 41.5 Å². The Hall–Kier alpha value is -0.708. The molecular weight excluding hydrogens is 495 g/mol. The van der Waals surface area contributed by atoms with E-state index in [4.69, 9.17) is 4.74 Å². The standard InChI is InChI=1S/C22H40O3.3C3H7O.Al/c1-3-4-5-6-7-8-9-10-11-12-13-14-15-16-17-18-19-25-22(24)20-21(2)23;3*1-3(2)4;/h10-11H,3-9,12-20H2,1-2H3;3*3H,1-2H3;/q;3*-1;+3. The van der Waals surface area contributed by atoms with Crippen molar-refractivity contribution in [2.45, 2.75) is 170 Å². The molecular formula is C31H61AlO6. The van der Waals surface area contributed by atoms with Gasteiger partial charge in [-0.3, -0.25) is 9.59 Å². The number of ketones is 1. The number of unbranched alkanes of at least 4 members (excludes halogenated alkanes) is 12. The van der Waals surface area contributed by atoms with E-state index >= 15 is 0 Å². The van der Waals surface area contributed by atoms with Crippen LogP contribution in [-0.4, -0.2) is 54.0 Å². The minimum atomic E-state index is -0.417. The molecule has 0 heterocycles. The third-order valence-corrected chi connectivity index (χ3v) is 4.31. The van der Waals surface area contributed by atoms with Gasteiger partial charge in [0.1, 0.15) is 12.2 Å². The van der Waals surface area contributed by atoms with E-state index in [9.17, 15) is 24.9 Å². The van der Waals surface area contributed by atoms with Crippen molar-refractivity contribution < 1.29 is 29.6 Å². The maximum Gasteiger partial charge on any atom is 3.00 e. The number of carbonyl (C=O) groups is 2. The summed E-state index contributed by atoms with van der Waals surface area (Å²) in [5, 5.41) is 28.6. The van der Waals surface area contributed by atoms with E-state index in [1.165, 1.54) is 84.0 Å². The van der Waals surface area contributed by atoms with Crippen molar-refractivity contribution in [3.63, 3.8) is 0 Å². The first-order valence-corrected chi connectivity index (χ1v) is 14.6. The van der Waals surface area contributed by atoms with Crippen LogP contribution in [0, 0.1) is 0 Å². The second-order valence-electron chi connectivity index (χ2n) is 10.2. The second kappa shape index (κ2) is 40.8. The van der Waals surface area contributed by atoms with Gasteiger partial charge in [0.25, 0.3) is 0 Å². The third-order valence-electron chi connectivity index (χ3n) is 4.31. The van der Waals surface area contributed by atoms with Gasteiger partial charge >= 0.3 is 23.3 Å². The first-order chi connectivity index (χ1) is 17.4. The summed E-state index contributed by atoms with van der Waals surface area (Å²) in [6.45, 7) is 13.8. The SMILES string of the molecule is CC(C)[O-].CC(C)[O-].CC(C)[O-].CCCCCCCCC=CCCCCCCCCOC(=O)CC(C)=O.[Al+3]. The minimum absolute atomic E-state index is 0. The number of ether oxygens (including phenoxy) is 1. The molecule has 0 aliphatic rings. The van der Waals surface area contributed by atoms with Gasteiger partial charge in [-0.25, -0.2) is 0 Å². The van der Waals surface area contributed by atoms with Crippen LogP contribution >= 0.6 is 0 Å². The summed E-state index contributed by atoms with van der Waals surface area (Å²) < 4.78 is 5.00. The fourth-order valence-electron chi connectivity index (χ4n) is 2.79. The quantitative estimate of drug-likeness (QED) is 0.0731. The Balaban J connectivity index is -0.000000232. The van der Waals surface area contributed by atoms with E-state index in [-0.39, 0.29) is 35.5 Å². The summed E-state index contributed by atoms with van der Waals surface area (Å²) in [6.07, 6.45) is 21.1. The van der Waals surface area contributed by atoms with Crippen LogP contribution < -0.4 is 15.3 Å². The molecule has 0 saturated heterocycles. The molecule has 0 unspecified atom stereocenters. The number of carbonyl (C=O) groups excluding carboxylic acids is 2. The van der Waals surface area contributed by atoms with Crippen molar-refractivity contribution in [3.05, 3.63) is 12.2 Å².